The average Bonchev–Trinajstić information content (AvgIpc) is 2.93. The van der Waals surface area contributed by atoms with Crippen LogP contribution in [0.5, 0.6) is 0 Å². The van der Waals surface area contributed by atoms with Crippen molar-refractivity contribution in [3.8, 4) is 0 Å². The van der Waals surface area contributed by atoms with E-state index in [4.69, 9.17) is 0 Å². The first-order valence-electron chi connectivity index (χ1n) is 8.59. The molecule has 0 radical (unpaired) electrons. The van der Waals surface area contributed by atoms with Crippen LogP contribution in [-0.2, 0) is 11.3 Å². The van der Waals surface area contributed by atoms with Gasteiger partial charge in [-0.05, 0) is 48.4 Å². The average molecular weight is 355 g/mol. The van der Waals surface area contributed by atoms with Gasteiger partial charge in [0.05, 0.1) is 4.88 Å². The van der Waals surface area contributed by atoms with E-state index in [1.165, 1.54) is 11.3 Å². The van der Waals surface area contributed by atoms with E-state index in [1.807, 2.05) is 35.4 Å². The number of thiophene rings is 1. The first kappa shape index (κ1) is 16.3. The number of carbonyl (C=O) groups excluding carboxylic acids is 2. The van der Waals surface area contributed by atoms with Gasteiger partial charge in [0.15, 0.2) is 0 Å². The van der Waals surface area contributed by atoms with Gasteiger partial charge in [0.1, 0.15) is 0 Å². The van der Waals surface area contributed by atoms with Gasteiger partial charge in [-0.2, -0.15) is 0 Å². The predicted octanol–water partition coefficient (Wildman–Crippen LogP) is 2.62. The van der Waals surface area contributed by atoms with Gasteiger partial charge in [-0.3, -0.25) is 14.6 Å². The number of nitrogens with zero attached hydrogens (tertiary/aromatic N) is 2. The molecule has 1 saturated heterocycles. The molecule has 130 valence electrons. The molecule has 2 atom stereocenters. The van der Waals surface area contributed by atoms with E-state index in [9.17, 15) is 9.59 Å². The van der Waals surface area contributed by atoms with Crippen molar-refractivity contribution in [2.45, 2.75) is 26.3 Å². The molecule has 1 saturated carbocycles. The first-order valence-corrected chi connectivity index (χ1v) is 9.47. The lowest BCUT2D eigenvalue weighted by atomic mass is 10.0. The Morgan fingerprint density at radius 3 is 3.04 bits per heavy atom. The van der Waals surface area contributed by atoms with Crippen LogP contribution in [0, 0.1) is 18.3 Å². The number of hydrogen-bond acceptors (Lipinski definition) is 4. The van der Waals surface area contributed by atoms with Gasteiger partial charge in [0.25, 0.3) is 5.91 Å². The SMILES string of the molecule is Cc1ccsc1C(=O)N1CC[C@@]2(C[C@H]2C(=O)NCc2cccnc2)C1. The largest absolute Gasteiger partial charge is 0.352 e. The number of aryl methyl sites for hydroxylation is 1. The van der Waals surface area contributed by atoms with Crippen molar-refractivity contribution >= 4 is 23.2 Å². The quantitative estimate of drug-likeness (QED) is 0.917. The number of pyridine rings is 1. The van der Waals surface area contributed by atoms with Crippen LogP contribution in [0.4, 0.5) is 0 Å². The van der Waals surface area contributed by atoms with Gasteiger partial charge in [-0.25, -0.2) is 0 Å². The van der Waals surface area contributed by atoms with Gasteiger partial charge >= 0.3 is 0 Å². The zero-order valence-electron chi connectivity index (χ0n) is 14.2. The maximum atomic E-state index is 12.7. The highest BCUT2D eigenvalue weighted by Crippen LogP contribution is 2.58. The monoisotopic (exact) mass is 355 g/mol. The van der Waals surface area contributed by atoms with Gasteiger partial charge in [-0.1, -0.05) is 6.07 Å². The Balaban J connectivity index is 1.34. The predicted molar refractivity (Wildman–Crippen MR) is 96.2 cm³/mol. The number of rotatable bonds is 4. The fourth-order valence-electron chi connectivity index (χ4n) is 3.79. The smallest absolute Gasteiger partial charge is 0.264 e. The number of aromatic nitrogens is 1. The van der Waals surface area contributed by atoms with E-state index in [2.05, 4.69) is 10.3 Å². The van der Waals surface area contributed by atoms with Crippen LogP contribution in [0.1, 0.15) is 33.6 Å². The van der Waals surface area contributed by atoms with Crippen LogP contribution in [0.15, 0.2) is 36.0 Å². The van der Waals surface area contributed by atoms with E-state index in [0.29, 0.717) is 13.1 Å². The Hall–Kier alpha value is -2.21. The van der Waals surface area contributed by atoms with Crippen LogP contribution in [-0.4, -0.2) is 34.8 Å². The maximum Gasteiger partial charge on any atom is 0.264 e. The molecule has 0 aromatic carbocycles. The summed E-state index contributed by atoms with van der Waals surface area (Å²) < 4.78 is 0. The van der Waals surface area contributed by atoms with Crippen LogP contribution >= 0.6 is 11.3 Å². The van der Waals surface area contributed by atoms with E-state index >= 15 is 0 Å². The third-order valence-corrected chi connectivity index (χ3v) is 6.43. The summed E-state index contributed by atoms with van der Waals surface area (Å²) in [7, 11) is 0. The zero-order valence-corrected chi connectivity index (χ0v) is 15.0. The molecule has 0 bridgehead atoms. The second kappa shape index (κ2) is 6.26. The lowest BCUT2D eigenvalue weighted by molar-refractivity contribution is -0.123. The minimum atomic E-state index is -0.000153. The van der Waals surface area contributed by atoms with Crippen molar-refractivity contribution in [2.75, 3.05) is 13.1 Å². The lowest BCUT2D eigenvalue weighted by Crippen LogP contribution is -2.31. The lowest BCUT2D eigenvalue weighted by Gasteiger charge is -2.16. The molecule has 2 fully saturated rings. The third kappa shape index (κ3) is 3.06. The Bertz CT molecular complexity index is 804. The summed E-state index contributed by atoms with van der Waals surface area (Å²) in [5, 5.41) is 4.97. The van der Waals surface area contributed by atoms with E-state index in [0.717, 1.165) is 35.4 Å². The molecule has 3 heterocycles. The summed E-state index contributed by atoms with van der Waals surface area (Å²) in [6, 6.07) is 5.80. The van der Waals surface area contributed by atoms with Crippen molar-refractivity contribution in [2.24, 2.45) is 11.3 Å². The molecule has 1 N–H and O–H groups in total. The minimum absolute atomic E-state index is 0.000153. The van der Waals surface area contributed by atoms with Crippen LogP contribution in [0.25, 0.3) is 0 Å². The molecule has 1 aliphatic carbocycles. The molecular weight excluding hydrogens is 334 g/mol. The fraction of sp³-hybridized carbons (Fsp3) is 0.421. The van der Waals surface area contributed by atoms with Gasteiger partial charge < -0.3 is 10.2 Å². The number of nitrogens with one attached hydrogen (secondary N) is 1. The summed E-state index contributed by atoms with van der Waals surface area (Å²) in [5.41, 5.74) is 2.04. The fourth-order valence-corrected chi connectivity index (χ4v) is 4.68. The first-order chi connectivity index (χ1) is 12.1. The van der Waals surface area contributed by atoms with Crippen molar-refractivity contribution in [1.82, 2.24) is 15.2 Å². The second-order valence-electron chi connectivity index (χ2n) is 7.11. The number of carbonyl (C=O) groups is 2. The molecule has 2 aromatic heterocycles. The second-order valence-corrected chi connectivity index (χ2v) is 8.02. The summed E-state index contributed by atoms with van der Waals surface area (Å²) in [6.45, 7) is 3.94. The third-order valence-electron chi connectivity index (χ3n) is 5.42. The molecule has 0 unspecified atom stereocenters. The number of hydrogen-bond donors (Lipinski definition) is 1. The van der Waals surface area contributed by atoms with E-state index in [1.54, 1.807) is 12.4 Å². The van der Waals surface area contributed by atoms with E-state index < -0.39 is 0 Å². The van der Waals surface area contributed by atoms with Crippen LogP contribution in [0.3, 0.4) is 0 Å². The topological polar surface area (TPSA) is 62.3 Å². The molecular formula is C19H21N3O2S. The standard InChI is InChI=1S/C19H21N3O2S/c1-13-4-8-25-16(13)18(24)22-7-5-19(12-22)9-15(19)17(23)21-11-14-3-2-6-20-10-14/h2-4,6,8,10,15H,5,7,9,11-12H2,1H3,(H,21,23)/t15-,19+/m0/s1. The molecule has 4 rings (SSSR count). The van der Waals surface area contributed by atoms with Crippen LogP contribution < -0.4 is 5.32 Å². The summed E-state index contributed by atoms with van der Waals surface area (Å²) in [4.78, 5) is 31.9. The summed E-state index contributed by atoms with van der Waals surface area (Å²) in [6.07, 6.45) is 5.30. The highest BCUT2D eigenvalue weighted by molar-refractivity contribution is 7.12. The normalized spacial score (nSPS) is 24.5. The Morgan fingerprint density at radius 1 is 1.44 bits per heavy atom. The molecule has 5 nitrogen and oxygen atoms in total. The van der Waals surface area contributed by atoms with Crippen molar-refractivity contribution in [1.29, 1.82) is 0 Å². The maximum absolute atomic E-state index is 12.7. The summed E-state index contributed by atoms with van der Waals surface area (Å²) >= 11 is 1.50. The molecule has 2 aromatic rings. The number of amides is 2. The van der Waals surface area contributed by atoms with Crippen molar-refractivity contribution in [3.63, 3.8) is 0 Å². The van der Waals surface area contributed by atoms with Crippen molar-refractivity contribution < 1.29 is 9.59 Å². The molecule has 1 aliphatic heterocycles. The van der Waals surface area contributed by atoms with Crippen molar-refractivity contribution in [3.05, 3.63) is 52.0 Å². The van der Waals surface area contributed by atoms with Crippen LogP contribution in [0.2, 0.25) is 0 Å². The molecule has 25 heavy (non-hydrogen) atoms. The number of likely N-dealkylation sites (tertiary alicyclic amines) is 1. The van der Waals surface area contributed by atoms with Gasteiger partial charge in [0, 0.05) is 43.4 Å². The Labute approximate surface area is 151 Å². The molecule has 2 amide bonds. The van der Waals surface area contributed by atoms with Gasteiger partial charge in [-0.15, -0.1) is 11.3 Å². The zero-order chi connectivity index (χ0) is 17.4. The van der Waals surface area contributed by atoms with Gasteiger partial charge in [0.2, 0.25) is 5.91 Å². The highest BCUT2D eigenvalue weighted by atomic mass is 32.1. The Kier molecular flexibility index (Phi) is 4.07. The van der Waals surface area contributed by atoms with E-state index in [-0.39, 0.29) is 23.1 Å². The Morgan fingerprint density at radius 2 is 2.32 bits per heavy atom. The molecule has 1 spiro atoms. The molecule has 6 heteroatoms. The highest BCUT2D eigenvalue weighted by Gasteiger charge is 2.61. The minimum Gasteiger partial charge on any atom is -0.352 e. The molecule has 2 aliphatic rings. The summed E-state index contributed by atoms with van der Waals surface area (Å²) in [5.74, 6) is 0.252.